The Labute approximate surface area is 121 Å². The van der Waals surface area contributed by atoms with E-state index in [0.29, 0.717) is 0 Å². The highest BCUT2D eigenvalue weighted by molar-refractivity contribution is 5.94. The highest BCUT2D eigenvalue weighted by Gasteiger charge is 2.15. The highest BCUT2D eigenvalue weighted by atomic mass is 15.1. The molecule has 0 radical (unpaired) electrons. The zero-order valence-corrected chi connectivity index (χ0v) is 12.4. The summed E-state index contributed by atoms with van der Waals surface area (Å²) >= 11 is 0. The van der Waals surface area contributed by atoms with Gasteiger partial charge in [-0.1, -0.05) is 18.9 Å². The number of rotatable bonds is 3. The molecule has 0 amide bonds. The number of benzene rings is 1. The fourth-order valence-electron chi connectivity index (χ4n) is 3.39. The number of nitrogen functional groups attached to an aromatic ring is 1. The predicted octanol–water partition coefficient (Wildman–Crippen LogP) is 3.62. The first-order valence-electron chi connectivity index (χ1n) is 7.88. The normalized spacial score (nSPS) is 17.4. The average Bonchev–Trinajstić information content (AvgIpc) is 2.63. The van der Waals surface area contributed by atoms with E-state index < -0.39 is 0 Å². The number of aryl methyl sites for hydroxylation is 1. The Balaban J connectivity index is 1.94. The summed E-state index contributed by atoms with van der Waals surface area (Å²) in [7, 11) is 0. The Kier molecular flexibility index (Phi) is 3.97. The van der Waals surface area contributed by atoms with Crippen LogP contribution in [0.3, 0.4) is 0 Å². The third-order valence-electron chi connectivity index (χ3n) is 4.45. The van der Waals surface area contributed by atoms with Crippen molar-refractivity contribution < 1.29 is 0 Å². The summed E-state index contributed by atoms with van der Waals surface area (Å²) in [5, 5.41) is 1.26. The molecule has 1 aromatic heterocycles. The van der Waals surface area contributed by atoms with E-state index in [0.717, 1.165) is 18.8 Å². The largest absolute Gasteiger partial charge is 0.398 e. The van der Waals surface area contributed by atoms with Gasteiger partial charge in [-0.25, -0.2) is 0 Å². The molecular weight excluding hydrogens is 246 g/mol. The maximum absolute atomic E-state index is 6.23. The van der Waals surface area contributed by atoms with E-state index in [1.165, 1.54) is 55.2 Å². The van der Waals surface area contributed by atoms with Gasteiger partial charge in [-0.05, 0) is 50.6 Å². The molecule has 3 rings (SSSR count). The number of nitrogens with two attached hydrogens (primary N) is 1. The molecule has 0 aliphatic carbocycles. The van der Waals surface area contributed by atoms with Gasteiger partial charge in [-0.15, -0.1) is 0 Å². The second-order valence-corrected chi connectivity index (χ2v) is 5.87. The van der Waals surface area contributed by atoms with Crippen LogP contribution in [0.15, 0.2) is 24.4 Å². The van der Waals surface area contributed by atoms with E-state index in [1.54, 1.807) is 0 Å². The molecule has 108 valence electrons. The van der Waals surface area contributed by atoms with Gasteiger partial charge in [-0.3, -0.25) is 4.90 Å². The van der Waals surface area contributed by atoms with Crippen molar-refractivity contribution in [2.75, 3.05) is 18.8 Å². The Morgan fingerprint density at radius 1 is 1.10 bits per heavy atom. The molecular formula is C17H25N3. The molecule has 1 aliphatic rings. The molecule has 0 spiro atoms. The average molecular weight is 271 g/mol. The summed E-state index contributed by atoms with van der Waals surface area (Å²) in [6.45, 7) is 6.69. The minimum atomic E-state index is 0.916. The Morgan fingerprint density at radius 3 is 2.55 bits per heavy atom. The third kappa shape index (κ3) is 2.55. The van der Waals surface area contributed by atoms with Gasteiger partial charge >= 0.3 is 0 Å². The number of aromatic nitrogens is 1. The molecule has 0 atom stereocenters. The van der Waals surface area contributed by atoms with Gasteiger partial charge < -0.3 is 10.3 Å². The molecule has 3 nitrogen and oxygen atoms in total. The lowest BCUT2D eigenvalue weighted by Gasteiger charge is -2.19. The maximum Gasteiger partial charge on any atom is 0.0504 e. The van der Waals surface area contributed by atoms with Gasteiger partial charge in [0.2, 0.25) is 0 Å². The van der Waals surface area contributed by atoms with Crippen LogP contribution >= 0.6 is 0 Å². The minimum Gasteiger partial charge on any atom is -0.398 e. The van der Waals surface area contributed by atoms with E-state index >= 15 is 0 Å². The van der Waals surface area contributed by atoms with Gasteiger partial charge in [0.25, 0.3) is 0 Å². The second-order valence-electron chi connectivity index (χ2n) is 5.87. The molecule has 1 fully saturated rings. The van der Waals surface area contributed by atoms with Crippen LogP contribution in [-0.4, -0.2) is 22.6 Å². The summed E-state index contributed by atoms with van der Waals surface area (Å²) in [4.78, 5) is 2.59. The van der Waals surface area contributed by atoms with E-state index in [-0.39, 0.29) is 0 Å². The fourth-order valence-corrected chi connectivity index (χ4v) is 3.39. The highest BCUT2D eigenvalue weighted by Crippen LogP contribution is 2.28. The third-order valence-corrected chi connectivity index (χ3v) is 4.45. The zero-order valence-electron chi connectivity index (χ0n) is 12.4. The van der Waals surface area contributed by atoms with Crippen LogP contribution < -0.4 is 5.73 Å². The lowest BCUT2D eigenvalue weighted by Crippen LogP contribution is -2.23. The van der Waals surface area contributed by atoms with E-state index in [9.17, 15) is 0 Å². The molecule has 20 heavy (non-hydrogen) atoms. The summed E-state index contributed by atoms with van der Waals surface area (Å²) in [5.41, 5.74) is 9.81. The molecule has 1 aliphatic heterocycles. The molecule has 2 N–H and O–H groups in total. The number of hydrogen-bond donors (Lipinski definition) is 1. The molecule has 0 bridgehead atoms. The number of hydrogen-bond acceptors (Lipinski definition) is 2. The van der Waals surface area contributed by atoms with Crippen LogP contribution in [0.25, 0.3) is 10.9 Å². The Hall–Kier alpha value is -1.48. The fraction of sp³-hybridized carbons (Fsp3) is 0.529. The van der Waals surface area contributed by atoms with Gasteiger partial charge in [0.1, 0.15) is 0 Å². The Bertz CT molecular complexity index is 577. The summed E-state index contributed by atoms with van der Waals surface area (Å²) in [6, 6.07) is 6.26. The number of likely N-dealkylation sites (tertiary alicyclic amines) is 1. The molecule has 2 heterocycles. The molecule has 2 aromatic rings. The predicted molar refractivity (Wildman–Crippen MR) is 85.8 cm³/mol. The van der Waals surface area contributed by atoms with Crippen LogP contribution in [0, 0.1) is 0 Å². The van der Waals surface area contributed by atoms with Crippen LogP contribution in [-0.2, 0) is 13.1 Å². The SMILES string of the molecule is CCn1cc(CN2CCCCCC2)c2c(N)cccc21. The lowest BCUT2D eigenvalue weighted by atomic mass is 10.1. The van der Waals surface area contributed by atoms with Crippen LogP contribution in [0.4, 0.5) is 5.69 Å². The van der Waals surface area contributed by atoms with Crippen molar-refractivity contribution in [2.24, 2.45) is 0 Å². The van der Waals surface area contributed by atoms with Crippen molar-refractivity contribution in [3.63, 3.8) is 0 Å². The summed E-state index contributed by atoms with van der Waals surface area (Å²) < 4.78 is 2.32. The molecule has 1 saturated heterocycles. The van der Waals surface area contributed by atoms with Crippen molar-refractivity contribution in [1.82, 2.24) is 9.47 Å². The van der Waals surface area contributed by atoms with Crippen molar-refractivity contribution in [1.29, 1.82) is 0 Å². The first-order valence-corrected chi connectivity index (χ1v) is 7.88. The topological polar surface area (TPSA) is 34.2 Å². The molecule has 1 aromatic carbocycles. The van der Waals surface area contributed by atoms with E-state index in [1.807, 2.05) is 6.07 Å². The van der Waals surface area contributed by atoms with E-state index in [4.69, 9.17) is 5.73 Å². The number of anilines is 1. The zero-order chi connectivity index (χ0) is 13.9. The summed E-state index contributed by atoms with van der Waals surface area (Å²) in [5.74, 6) is 0. The van der Waals surface area contributed by atoms with Crippen molar-refractivity contribution in [2.45, 2.75) is 45.7 Å². The van der Waals surface area contributed by atoms with Crippen LogP contribution in [0.2, 0.25) is 0 Å². The minimum absolute atomic E-state index is 0.916. The second kappa shape index (κ2) is 5.88. The van der Waals surface area contributed by atoms with Gasteiger partial charge in [0.15, 0.2) is 0 Å². The summed E-state index contributed by atoms with van der Waals surface area (Å²) in [6.07, 6.45) is 7.74. The standard InChI is InChI=1S/C17H25N3/c1-2-20-13-14(12-19-10-5-3-4-6-11-19)17-15(18)8-7-9-16(17)20/h7-9,13H,2-6,10-12,18H2,1H3. The van der Waals surface area contributed by atoms with Crippen LogP contribution in [0.1, 0.15) is 38.2 Å². The number of fused-ring (bicyclic) bond motifs is 1. The molecule has 0 unspecified atom stereocenters. The quantitative estimate of drug-likeness (QED) is 0.865. The van der Waals surface area contributed by atoms with Crippen LogP contribution in [0.5, 0.6) is 0 Å². The first-order chi connectivity index (χ1) is 9.79. The first kappa shape index (κ1) is 13.5. The van der Waals surface area contributed by atoms with E-state index in [2.05, 4.69) is 34.7 Å². The molecule has 3 heteroatoms. The smallest absolute Gasteiger partial charge is 0.0504 e. The monoisotopic (exact) mass is 271 g/mol. The van der Waals surface area contributed by atoms with Gasteiger partial charge in [-0.2, -0.15) is 0 Å². The number of nitrogens with zero attached hydrogens (tertiary/aromatic N) is 2. The maximum atomic E-state index is 6.23. The van der Waals surface area contributed by atoms with Crippen molar-refractivity contribution in [3.05, 3.63) is 30.0 Å². The Morgan fingerprint density at radius 2 is 1.85 bits per heavy atom. The van der Waals surface area contributed by atoms with Crippen molar-refractivity contribution in [3.8, 4) is 0 Å². The van der Waals surface area contributed by atoms with Crippen molar-refractivity contribution >= 4 is 16.6 Å². The molecule has 0 saturated carbocycles. The van der Waals surface area contributed by atoms with Gasteiger partial charge in [0, 0.05) is 30.4 Å². The van der Waals surface area contributed by atoms with Gasteiger partial charge in [0.05, 0.1) is 5.52 Å². The lowest BCUT2D eigenvalue weighted by molar-refractivity contribution is 0.278.